The smallest absolute Gasteiger partial charge is 0.252 e. The molecule has 1 aliphatic heterocycles. The summed E-state index contributed by atoms with van der Waals surface area (Å²) in [5.41, 5.74) is 0.564. The van der Waals surface area contributed by atoms with Crippen LogP contribution >= 0.6 is 0 Å². The second-order valence-electron chi connectivity index (χ2n) is 6.29. The SMILES string of the molecule is COCCNC(=O)c1ccc(NC2CCOC(C3CC3)C2)nc1. The summed E-state index contributed by atoms with van der Waals surface area (Å²) in [5.74, 6) is 1.46. The van der Waals surface area contributed by atoms with Crippen molar-refractivity contribution in [3.63, 3.8) is 0 Å². The summed E-state index contributed by atoms with van der Waals surface area (Å²) >= 11 is 0. The number of amides is 1. The highest BCUT2D eigenvalue weighted by atomic mass is 16.5. The monoisotopic (exact) mass is 319 g/mol. The minimum atomic E-state index is -0.124. The highest BCUT2D eigenvalue weighted by Crippen LogP contribution is 2.38. The van der Waals surface area contributed by atoms with Gasteiger partial charge < -0.3 is 20.1 Å². The largest absolute Gasteiger partial charge is 0.383 e. The molecule has 2 aliphatic rings. The van der Waals surface area contributed by atoms with Crippen molar-refractivity contribution in [1.29, 1.82) is 0 Å². The fraction of sp³-hybridized carbons (Fsp3) is 0.647. The second kappa shape index (κ2) is 7.75. The van der Waals surface area contributed by atoms with Gasteiger partial charge in [-0.15, -0.1) is 0 Å². The first-order valence-corrected chi connectivity index (χ1v) is 8.37. The Morgan fingerprint density at radius 1 is 1.39 bits per heavy atom. The molecule has 126 valence electrons. The Morgan fingerprint density at radius 3 is 2.96 bits per heavy atom. The van der Waals surface area contributed by atoms with Crippen LogP contribution in [0.15, 0.2) is 18.3 Å². The summed E-state index contributed by atoms with van der Waals surface area (Å²) in [6, 6.07) is 4.07. The van der Waals surface area contributed by atoms with E-state index in [0.29, 0.717) is 30.9 Å². The predicted octanol–water partition coefficient (Wildman–Crippen LogP) is 1.83. The van der Waals surface area contributed by atoms with Crippen LogP contribution in [-0.4, -0.2) is 49.9 Å². The van der Waals surface area contributed by atoms with Crippen LogP contribution in [0.4, 0.5) is 5.82 Å². The normalized spacial score (nSPS) is 24.2. The van der Waals surface area contributed by atoms with Crippen LogP contribution in [-0.2, 0) is 9.47 Å². The summed E-state index contributed by atoms with van der Waals surface area (Å²) in [4.78, 5) is 16.3. The van der Waals surface area contributed by atoms with E-state index in [1.807, 2.05) is 6.07 Å². The van der Waals surface area contributed by atoms with Crippen LogP contribution in [0.2, 0.25) is 0 Å². The van der Waals surface area contributed by atoms with E-state index in [0.717, 1.165) is 31.2 Å². The van der Waals surface area contributed by atoms with Crippen LogP contribution in [0, 0.1) is 5.92 Å². The van der Waals surface area contributed by atoms with Gasteiger partial charge in [-0.05, 0) is 43.7 Å². The molecule has 0 spiro atoms. The van der Waals surface area contributed by atoms with Gasteiger partial charge in [-0.2, -0.15) is 0 Å². The van der Waals surface area contributed by atoms with E-state index < -0.39 is 0 Å². The van der Waals surface area contributed by atoms with Crippen molar-refractivity contribution in [2.24, 2.45) is 5.92 Å². The van der Waals surface area contributed by atoms with Gasteiger partial charge >= 0.3 is 0 Å². The van der Waals surface area contributed by atoms with Crippen molar-refractivity contribution >= 4 is 11.7 Å². The van der Waals surface area contributed by atoms with Gasteiger partial charge in [0, 0.05) is 32.5 Å². The van der Waals surface area contributed by atoms with E-state index in [9.17, 15) is 4.79 Å². The van der Waals surface area contributed by atoms with Crippen molar-refractivity contribution in [3.8, 4) is 0 Å². The van der Waals surface area contributed by atoms with Gasteiger partial charge in [-0.1, -0.05) is 0 Å². The molecule has 23 heavy (non-hydrogen) atoms. The molecule has 1 aromatic rings. The average molecular weight is 319 g/mol. The van der Waals surface area contributed by atoms with E-state index in [1.54, 1.807) is 19.4 Å². The highest BCUT2D eigenvalue weighted by Gasteiger charge is 2.35. The number of aromatic nitrogens is 1. The fourth-order valence-corrected chi connectivity index (χ4v) is 2.95. The maximum Gasteiger partial charge on any atom is 0.252 e. The van der Waals surface area contributed by atoms with E-state index >= 15 is 0 Å². The van der Waals surface area contributed by atoms with E-state index in [2.05, 4.69) is 15.6 Å². The molecule has 2 unspecified atom stereocenters. The van der Waals surface area contributed by atoms with Gasteiger partial charge in [0.15, 0.2) is 0 Å². The summed E-state index contributed by atoms with van der Waals surface area (Å²) < 4.78 is 10.8. The lowest BCUT2D eigenvalue weighted by Gasteiger charge is -2.30. The van der Waals surface area contributed by atoms with Crippen LogP contribution < -0.4 is 10.6 Å². The third-order valence-corrected chi connectivity index (χ3v) is 4.43. The molecule has 0 bridgehead atoms. The Labute approximate surface area is 137 Å². The number of nitrogens with zero attached hydrogens (tertiary/aromatic N) is 1. The van der Waals surface area contributed by atoms with E-state index in [-0.39, 0.29) is 5.91 Å². The zero-order valence-corrected chi connectivity index (χ0v) is 13.6. The number of pyridine rings is 1. The Bertz CT molecular complexity index is 516. The van der Waals surface area contributed by atoms with Crippen LogP contribution in [0.25, 0.3) is 0 Å². The molecular weight excluding hydrogens is 294 g/mol. The first-order chi connectivity index (χ1) is 11.3. The minimum absolute atomic E-state index is 0.124. The molecular formula is C17H25N3O3. The topological polar surface area (TPSA) is 72.5 Å². The molecule has 2 fully saturated rings. The van der Waals surface area contributed by atoms with Gasteiger partial charge in [0.25, 0.3) is 5.91 Å². The third-order valence-electron chi connectivity index (χ3n) is 4.43. The van der Waals surface area contributed by atoms with E-state index in [1.165, 1.54) is 12.8 Å². The second-order valence-corrected chi connectivity index (χ2v) is 6.29. The van der Waals surface area contributed by atoms with Crippen molar-refractivity contribution in [1.82, 2.24) is 10.3 Å². The third kappa shape index (κ3) is 4.65. The maximum atomic E-state index is 11.9. The molecule has 1 saturated carbocycles. The summed E-state index contributed by atoms with van der Waals surface area (Å²) in [5, 5.41) is 6.25. The van der Waals surface area contributed by atoms with Gasteiger partial charge in [-0.3, -0.25) is 4.79 Å². The molecule has 1 aliphatic carbocycles. The number of carbonyl (C=O) groups excluding carboxylic acids is 1. The Hall–Kier alpha value is -1.66. The molecule has 1 amide bonds. The molecule has 6 heteroatoms. The number of methoxy groups -OCH3 is 1. The van der Waals surface area contributed by atoms with Crippen molar-refractivity contribution < 1.29 is 14.3 Å². The average Bonchev–Trinajstić information content (AvgIpc) is 3.41. The number of hydrogen-bond acceptors (Lipinski definition) is 5. The lowest BCUT2D eigenvalue weighted by atomic mass is 10.00. The summed E-state index contributed by atoms with van der Waals surface area (Å²) in [6.07, 6.45) is 6.69. The first kappa shape index (κ1) is 16.2. The zero-order valence-electron chi connectivity index (χ0n) is 13.6. The molecule has 2 N–H and O–H groups in total. The quantitative estimate of drug-likeness (QED) is 0.750. The standard InChI is InChI=1S/C17H25N3O3/c1-22-9-7-18-17(21)13-4-5-16(19-11-13)20-14-6-8-23-15(10-14)12-2-3-12/h4-5,11-12,14-15H,2-3,6-10H2,1H3,(H,18,21)(H,19,20). The fourth-order valence-electron chi connectivity index (χ4n) is 2.95. The van der Waals surface area contributed by atoms with E-state index in [4.69, 9.17) is 9.47 Å². The first-order valence-electron chi connectivity index (χ1n) is 8.37. The van der Waals surface area contributed by atoms with Crippen molar-refractivity contribution in [2.45, 2.75) is 37.8 Å². The zero-order chi connectivity index (χ0) is 16.1. The predicted molar refractivity (Wildman–Crippen MR) is 87.6 cm³/mol. The molecule has 2 heterocycles. The molecule has 1 aromatic heterocycles. The highest BCUT2D eigenvalue weighted by molar-refractivity contribution is 5.94. The number of rotatable bonds is 7. The van der Waals surface area contributed by atoms with Gasteiger partial charge in [-0.25, -0.2) is 4.98 Å². The van der Waals surface area contributed by atoms with Gasteiger partial charge in [0.2, 0.25) is 0 Å². The Kier molecular flexibility index (Phi) is 5.46. The molecule has 0 aromatic carbocycles. The number of nitrogens with one attached hydrogen (secondary N) is 2. The van der Waals surface area contributed by atoms with Crippen LogP contribution in [0.3, 0.4) is 0 Å². The summed E-state index contributed by atoms with van der Waals surface area (Å²) in [6.45, 7) is 1.82. The van der Waals surface area contributed by atoms with Crippen molar-refractivity contribution in [3.05, 3.63) is 23.9 Å². The Balaban J connectivity index is 1.49. The number of carbonyl (C=O) groups is 1. The van der Waals surface area contributed by atoms with Gasteiger partial charge in [0.1, 0.15) is 5.82 Å². The summed E-state index contributed by atoms with van der Waals surface area (Å²) in [7, 11) is 1.61. The molecule has 6 nitrogen and oxygen atoms in total. The maximum absolute atomic E-state index is 11.9. The molecule has 1 saturated heterocycles. The lowest BCUT2D eigenvalue weighted by molar-refractivity contribution is -0.00223. The Morgan fingerprint density at radius 2 is 2.26 bits per heavy atom. The number of anilines is 1. The van der Waals surface area contributed by atoms with Gasteiger partial charge in [0.05, 0.1) is 18.3 Å². The number of hydrogen-bond donors (Lipinski definition) is 2. The lowest BCUT2D eigenvalue weighted by Crippen LogP contribution is -2.35. The molecule has 0 radical (unpaired) electrons. The van der Waals surface area contributed by atoms with Crippen molar-refractivity contribution in [2.75, 3.05) is 32.2 Å². The van der Waals surface area contributed by atoms with Crippen LogP contribution in [0.5, 0.6) is 0 Å². The molecule has 2 atom stereocenters. The number of ether oxygens (including phenoxy) is 2. The van der Waals surface area contributed by atoms with Crippen LogP contribution in [0.1, 0.15) is 36.0 Å². The minimum Gasteiger partial charge on any atom is -0.383 e. The molecule has 3 rings (SSSR count).